The van der Waals surface area contributed by atoms with Crippen LogP contribution in [-0.4, -0.2) is 31.6 Å². The molecule has 0 saturated heterocycles. The highest BCUT2D eigenvalue weighted by Crippen LogP contribution is 2.53. The molecule has 0 rings (SSSR count). The van der Waals surface area contributed by atoms with Gasteiger partial charge in [0, 0.05) is 25.7 Å². The smallest absolute Gasteiger partial charge is 0.289 e. The summed E-state index contributed by atoms with van der Waals surface area (Å²) in [7, 11) is 0. The van der Waals surface area contributed by atoms with Gasteiger partial charge in [0.25, 0.3) is 5.97 Å². The van der Waals surface area contributed by atoms with E-state index in [2.05, 4.69) is 27.4 Å². The first kappa shape index (κ1) is 43.3. The average molecular weight is 623 g/mol. The van der Waals surface area contributed by atoms with Gasteiger partial charge in [-0.05, 0) is 52.5 Å². The Morgan fingerprint density at radius 1 is 0.523 bits per heavy atom. The number of Topliss-reactive ketones (excluding diaryl/α,β-unsaturated/α-hetero) is 1. The van der Waals surface area contributed by atoms with Crippen LogP contribution >= 0.6 is 0 Å². The second-order valence-corrected chi connectivity index (χ2v) is 13.4. The lowest BCUT2D eigenvalue weighted by molar-refractivity contribution is -0.437. The van der Waals surface area contributed by atoms with Gasteiger partial charge >= 0.3 is 0 Å². The average Bonchev–Trinajstić information content (AvgIpc) is 3.00. The number of hydrogen-bond acceptors (Lipinski definition) is 4. The van der Waals surface area contributed by atoms with Gasteiger partial charge < -0.3 is 14.2 Å². The molecule has 0 fully saturated rings. The number of carbonyl (C=O) groups excluding carboxylic acids is 1. The zero-order chi connectivity index (χ0) is 32.9. The highest BCUT2D eigenvalue weighted by molar-refractivity contribution is 5.96. The topological polar surface area (TPSA) is 44.8 Å². The molecule has 0 aromatic rings. The molecule has 0 bridgehead atoms. The van der Waals surface area contributed by atoms with Gasteiger partial charge in [-0.3, -0.25) is 4.79 Å². The van der Waals surface area contributed by atoms with Gasteiger partial charge in [0.1, 0.15) is 0 Å². The third-order valence-electron chi connectivity index (χ3n) is 9.57. The summed E-state index contributed by atoms with van der Waals surface area (Å²) in [5, 5.41) is 0. The number of carbonyl (C=O) groups is 1. The maximum Gasteiger partial charge on any atom is 0.289 e. The largest absolute Gasteiger partial charge is 0.327 e. The molecular formula is C40H78O4. The van der Waals surface area contributed by atoms with Gasteiger partial charge in [-0.25, -0.2) is 0 Å². The highest BCUT2D eigenvalue weighted by Gasteiger charge is 2.60. The molecular weight excluding hydrogens is 544 g/mol. The van der Waals surface area contributed by atoms with Crippen molar-refractivity contribution in [2.75, 3.05) is 19.8 Å². The van der Waals surface area contributed by atoms with Crippen LogP contribution in [0.25, 0.3) is 0 Å². The summed E-state index contributed by atoms with van der Waals surface area (Å²) < 4.78 is 20.0. The van der Waals surface area contributed by atoms with Crippen LogP contribution in [0.5, 0.6) is 0 Å². The van der Waals surface area contributed by atoms with Gasteiger partial charge in [0.15, 0.2) is 5.78 Å². The van der Waals surface area contributed by atoms with Gasteiger partial charge in [-0.2, -0.15) is 0 Å². The molecule has 44 heavy (non-hydrogen) atoms. The number of ketones is 1. The van der Waals surface area contributed by atoms with Crippen molar-refractivity contribution >= 4 is 5.78 Å². The first-order valence-electron chi connectivity index (χ1n) is 19.5. The van der Waals surface area contributed by atoms with E-state index in [0.29, 0.717) is 25.4 Å². The maximum atomic E-state index is 14.3. The van der Waals surface area contributed by atoms with E-state index in [4.69, 9.17) is 14.2 Å². The van der Waals surface area contributed by atoms with Crippen LogP contribution in [0.3, 0.4) is 0 Å². The maximum absolute atomic E-state index is 14.3. The monoisotopic (exact) mass is 623 g/mol. The molecule has 0 aromatic heterocycles. The SMILES string of the molecule is C=C(C)C(=O)C(CCCCCCC)C(CCCCCCCCCC)(CCCCCCCCCC)C(OCC)(OCC)OCC. The Morgan fingerprint density at radius 3 is 1.16 bits per heavy atom. The van der Waals surface area contributed by atoms with Crippen LogP contribution in [0, 0.1) is 11.3 Å². The number of hydrogen-bond donors (Lipinski definition) is 0. The van der Waals surface area contributed by atoms with Gasteiger partial charge in [-0.1, -0.05) is 162 Å². The molecule has 0 aliphatic rings. The summed E-state index contributed by atoms with van der Waals surface area (Å²) in [4.78, 5) is 14.3. The second-order valence-electron chi connectivity index (χ2n) is 13.4. The number of ether oxygens (including phenoxy) is 3. The summed E-state index contributed by atoms with van der Waals surface area (Å²) in [5.41, 5.74) is 0.0958. The van der Waals surface area contributed by atoms with E-state index in [0.717, 1.165) is 44.9 Å². The molecule has 1 atom stereocenters. The fraction of sp³-hybridized carbons (Fsp3) is 0.925. The van der Waals surface area contributed by atoms with E-state index in [1.807, 2.05) is 27.7 Å². The fourth-order valence-electron chi connectivity index (χ4n) is 7.18. The van der Waals surface area contributed by atoms with Crippen LogP contribution in [-0.2, 0) is 19.0 Å². The highest BCUT2D eigenvalue weighted by atomic mass is 16.9. The Morgan fingerprint density at radius 2 is 0.841 bits per heavy atom. The minimum atomic E-state index is -1.23. The first-order valence-corrected chi connectivity index (χ1v) is 19.5. The summed E-state index contributed by atoms with van der Waals surface area (Å²) in [5.74, 6) is -1.27. The van der Waals surface area contributed by atoms with E-state index in [1.54, 1.807) is 0 Å². The predicted molar refractivity (Wildman–Crippen MR) is 191 cm³/mol. The molecule has 0 aliphatic carbocycles. The molecule has 1 unspecified atom stereocenters. The third kappa shape index (κ3) is 16.7. The zero-order valence-corrected chi connectivity index (χ0v) is 31.0. The van der Waals surface area contributed by atoms with Crippen molar-refractivity contribution in [2.24, 2.45) is 11.3 Å². The van der Waals surface area contributed by atoms with Gasteiger partial charge in [-0.15, -0.1) is 0 Å². The van der Waals surface area contributed by atoms with E-state index >= 15 is 0 Å². The second kappa shape index (κ2) is 28.5. The summed E-state index contributed by atoms with van der Waals surface area (Å²) in [6.45, 7) is 20.5. The van der Waals surface area contributed by atoms with E-state index < -0.39 is 11.4 Å². The Labute approximate surface area is 276 Å². The number of unbranched alkanes of at least 4 members (excludes halogenated alkanes) is 18. The third-order valence-corrected chi connectivity index (χ3v) is 9.57. The molecule has 0 saturated carbocycles. The Bertz CT molecular complexity index is 635. The minimum Gasteiger partial charge on any atom is -0.327 e. The zero-order valence-electron chi connectivity index (χ0n) is 31.0. The molecule has 0 spiro atoms. The van der Waals surface area contributed by atoms with Crippen LogP contribution in [0.1, 0.15) is 203 Å². The standard InChI is InChI=1S/C40H78O4/c1-9-15-18-21-23-25-28-31-34-39(35-32-29-26-24-22-19-16-10-2,40(42-12-4,43-13-5)44-14-6)37(38(41)36(7)8)33-30-27-20-17-11-3/h37H,7,9-35H2,1-6,8H3. The van der Waals surface area contributed by atoms with Crippen molar-refractivity contribution < 1.29 is 19.0 Å². The molecule has 0 radical (unpaired) electrons. The van der Waals surface area contributed by atoms with Crippen molar-refractivity contribution in [1.82, 2.24) is 0 Å². The fourth-order valence-corrected chi connectivity index (χ4v) is 7.18. The van der Waals surface area contributed by atoms with Crippen LogP contribution in [0.15, 0.2) is 12.2 Å². The van der Waals surface area contributed by atoms with Gasteiger partial charge in [0.05, 0.1) is 5.41 Å². The van der Waals surface area contributed by atoms with Crippen molar-refractivity contribution in [3.05, 3.63) is 12.2 Å². The van der Waals surface area contributed by atoms with Crippen LogP contribution in [0.2, 0.25) is 0 Å². The minimum absolute atomic E-state index is 0.183. The molecule has 0 aromatic carbocycles. The quantitative estimate of drug-likeness (QED) is 0.0407. The van der Waals surface area contributed by atoms with Crippen molar-refractivity contribution in [2.45, 2.75) is 209 Å². The molecule has 0 aliphatic heterocycles. The lowest BCUT2D eigenvalue weighted by Crippen LogP contribution is -2.60. The molecule has 4 heteroatoms. The van der Waals surface area contributed by atoms with Crippen molar-refractivity contribution in [3.8, 4) is 0 Å². The first-order chi connectivity index (χ1) is 21.4. The van der Waals surface area contributed by atoms with E-state index in [1.165, 1.54) is 109 Å². The van der Waals surface area contributed by atoms with E-state index in [9.17, 15) is 4.79 Å². The predicted octanol–water partition coefficient (Wildman–Crippen LogP) is 12.9. The Kier molecular flexibility index (Phi) is 28.0. The lowest BCUT2D eigenvalue weighted by Gasteiger charge is -2.52. The Hall–Kier alpha value is -0.710. The number of rotatable bonds is 34. The normalized spacial score (nSPS) is 13.0. The molecule has 4 nitrogen and oxygen atoms in total. The number of allylic oxidation sites excluding steroid dienone is 1. The summed E-state index contributed by atoms with van der Waals surface area (Å²) in [6.07, 6.45) is 28.7. The summed E-state index contributed by atoms with van der Waals surface area (Å²) in [6, 6.07) is 0. The molecule has 0 heterocycles. The molecule has 0 amide bonds. The van der Waals surface area contributed by atoms with Crippen LogP contribution < -0.4 is 0 Å². The molecule has 0 N–H and O–H groups in total. The lowest BCUT2D eigenvalue weighted by atomic mass is 9.62. The van der Waals surface area contributed by atoms with Crippen molar-refractivity contribution in [3.63, 3.8) is 0 Å². The van der Waals surface area contributed by atoms with Crippen LogP contribution in [0.4, 0.5) is 0 Å². The Balaban J connectivity index is 6.45. The van der Waals surface area contributed by atoms with Gasteiger partial charge in [0.2, 0.25) is 0 Å². The van der Waals surface area contributed by atoms with Crippen molar-refractivity contribution in [1.29, 1.82) is 0 Å². The summed E-state index contributed by atoms with van der Waals surface area (Å²) >= 11 is 0. The molecule has 262 valence electrons. The van der Waals surface area contributed by atoms with E-state index in [-0.39, 0.29) is 11.7 Å².